The fraction of sp³-hybridized carbons (Fsp3) is 0.467. The average molecular weight is 420 g/mol. The van der Waals surface area contributed by atoms with Gasteiger partial charge in [0.15, 0.2) is 5.96 Å². The molecule has 0 bridgehead atoms. The number of rotatable bonds is 7. The number of anilines is 1. The van der Waals surface area contributed by atoms with Gasteiger partial charge in [-0.25, -0.2) is 0 Å². The molecule has 0 atom stereocenters. The molecular formula is C15H25IN4O2. The van der Waals surface area contributed by atoms with Crippen LogP contribution < -0.4 is 16.4 Å². The van der Waals surface area contributed by atoms with Gasteiger partial charge < -0.3 is 21.1 Å². The Hall–Kier alpha value is -1.35. The summed E-state index contributed by atoms with van der Waals surface area (Å²) >= 11 is 0. The van der Waals surface area contributed by atoms with Gasteiger partial charge in [-0.1, -0.05) is 32.0 Å². The fourth-order valence-electron chi connectivity index (χ4n) is 1.66. The Bertz CT molecular complexity index is 492. The zero-order valence-corrected chi connectivity index (χ0v) is 15.6. The van der Waals surface area contributed by atoms with Gasteiger partial charge in [0.05, 0.1) is 13.2 Å². The lowest BCUT2D eigenvalue weighted by Gasteiger charge is -2.11. The first-order valence-electron chi connectivity index (χ1n) is 6.96. The molecule has 1 aromatic rings. The Labute approximate surface area is 148 Å². The van der Waals surface area contributed by atoms with Crippen molar-refractivity contribution in [1.82, 2.24) is 5.32 Å². The molecular weight excluding hydrogens is 395 g/mol. The first-order chi connectivity index (χ1) is 10.0. The zero-order valence-electron chi connectivity index (χ0n) is 13.3. The molecule has 0 radical (unpaired) electrons. The molecule has 7 heteroatoms. The average Bonchev–Trinajstić information content (AvgIpc) is 2.45. The smallest absolute Gasteiger partial charge is 0.222 e. The maximum atomic E-state index is 11.4. The van der Waals surface area contributed by atoms with Gasteiger partial charge in [-0.15, -0.1) is 24.0 Å². The Balaban J connectivity index is 0.00000441. The van der Waals surface area contributed by atoms with Gasteiger partial charge in [0.25, 0.3) is 0 Å². The second kappa shape index (κ2) is 11.2. The number of carbonyl (C=O) groups is 1. The predicted octanol–water partition coefficient (Wildman–Crippen LogP) is 1.95. The highest BCUT2D eigenvalue weighted by Gasteiger charge is 2.05. The van der Waals surface area contributed by atoms with Crippen molar-refractivity contribution >= 4 is 41.5 Å². The molecule has 0 spiro atoms. The number of nitrogens with one attached hydrogen (secondary N) is 2. The number of carbonyl (C=O) groups excluding carboxylic acids is 1. The lowest BCUT2D eigenvalue weighted by Crippen LogP contribution is -2.31. The Morgan fingerprint density at radius 1 is 1.36 bits per heavy atom. The summed E-state index contributed by atoms with van der Waals surface area (Å²) in [6.45, 7) is 5.10. The molecule has 0 unspecified atom stereocenters. The number of hydrogen-bond acceptors (Lipinski definition) is 3. The van der Waals surface area contributed by atoms with Crippen LogP contribution in [0.15, 0.2) is 29.3 Å². The van der Waals surface area contributed by atoms with E-state index in [2.05, 4.69) is 15.6 Å². The van der Waals surface area contributed by atoms with Crippen LogP contribution in [0, 0.1) is 5.92 Å². The second-order valence-electron chi connectivity index (χ2n) is 4.93. The summed E-state index contributed by atoms with van der Waals surface area (Å²) in [6, 6.07) is 7.73. The van der Waals surface area contributed by atoms with E-state index in [-0.39, 0.29) is 35.8 Å². The number of halogens is 1. The largest absolute Gasteiger partial charge is 0.380 e. The van der Waals surface area contributed by atoms with Crippen molar-refractivity contribution in [2.75, 3.05) is 25.5 Å². The molecule has 0 aliphatic carbocycles. The molecule has 0 fully saturated rings. The molecule has 0 saturated heterocycles. The van der Waals surface area contributed by atoms with Gasteiger partial charge in [-0.2, -0.15) is 0 Å². The highest BCUT2D eigenvalue weighted by Crippen LogP contribution is 2.15. The lowest BCUT2D eigenvalue weighted by molar-refractivity contribution is -0.123. The van der Waals surface area contributed by atoms with Crippen LogP contribution in [0.25, 0.3) is 0 Å². The van der Waals surface area contributed by atoms with Crippen molar-refractivity contribution < 1.29 is 9.53 Å². The SMILES string of the molecule is COCc1ccccc1NC(N)=NCCNC(=O)C(C)C.I. The van der Waals surface area contributed by atoms with Crippen molar-refractivity contribution in [2.45, 2.75) is 20.5 Å². The van der Waals surface area contributed by atoms with Gasteiger partial charge in [0.1, 0.15) is 0 Å². The summed E-state index contributed by atoms with van der Waals surface area (Å²) in [5.74, 6) is 0.310. The van der Waals surface area contributed by atoms with Crippen molar-refractivity contribution in [1.29, 1.82) is 0 Å². The summed E-state index contributed by atoms with van der Waals surface area (Å²) in [4.78, 5) is 15.6. The zero-order chi connectivity index (χ0) is 15.7. The standard InChI is InChI=1S/C15H24N4O2.HI/c1-11(2)14(20)17-8-9-18-15(16)19-13-7-5-4-6-12(13)10-21-3;/h4-7,11H,8-10H2,1-3H3,(H,17,20)(H3,16,18,19);1H. The van der Waals surface area contributed by atoms with Crippen LogP contribution in [0.1, 0.15) is 19.4 Å². The monoisotopic (exact) mass is 420 g/mol. The minimum absolute atomic E-state index is 0. The van der Waals surface area contributed by atoms with Crippen LogP contribution in [0.2, 0.25) is 0 Å². The number of nitrogens with two attached hydrogens (primary N) is 1. The lowest BCUT2D eigenvalue weighted by atomic mass is 10.2. The minimum Gasteiger partial charge on any atom is -0.380 e. The molecule has 0 aliphatic heterocycles. The van der Waals surface area contributed by atoms with Crippen molar-refractivity contribution in [3.63, 3.8) is 0 Å². The Morgan fingerprint density at radius 2 is 2.05 bits per heavy atom. The molecule has 0 aliphatic rings. The number of para-hydroxylation sites is 1. The maximum Gasteiger partial charge on any atom is 0.222 e. The van der Waals surface area contributed by atoms with E-state index in [4.69, 9.17) is 10.5 Å². The van der Waals surface area contributed by atoms with Crippen LogP contribution in [0.4, 0.5) is 5.69 Å². The molecule has 0 heterocycles. The van der Waals surface area contributed by atoms with E-state index in [9.17, 15) is 4.79 Å². The molecule has 0 saturated carbocycles. The molecule has 22 heavy (non-hydrogen) atoms. The number of guanidine groups is 1. The summed E-state index contributed by atoms with van der Waals surface area (Å²) in [6.07, 6.45) is 0. The van der Waals surface area contributed by atoms with Gasteiger partial charge >= 0.3 is 0 Å². The number of aliphatic imine (C=N–C) groups is 1. The van der Waals surface area contributed by atoms with Gasteiger partial charge in [0, 0.05) is 30.8 Å². The van der Waals surface area contributed by atoms with E-state index in [1.165, 1.54) is 0 Å². The van der Waals surface area contributed by atoms with Crippen LogP contribution in [-0.4, -0.2) is 32.1 Å². The Kier molecular flexibility index (Phi) is 10.6. The number of ether oxygens (including phenoxy) is 1. The van der Waals surface area contributed by atoms with Crippen molar-refractivity contribution in [3.8, 4) is 0 Å². The molecule has 1 rings (SSSR count). The first-order valence-corrected chi connectivity index (χ1v) is 6.96. The van der Waals surface area contributed by atoms with E-state index in [1.807, 2.05) is 38.1 Å². The van der Waals surface area contributed by atoms with E-state index in [0.29, 0.717) is 25.7 Å². The third kappa shape index (κ3) is 7.60. The first kappa shape index (κ1) is 20.6. The number of hydrogen-bond donors (Lipinski definition) is 3. The van der Waals surface area contributed by atoms with Gasteiger partial charge in [-0.3, -0.25) is 9.79 Å². The minimum atomic E-state index is -0.0228. The molecule has 6 nitrogen and oxygen atoms in total. The van der Waals surface area contributed by atoms with Crippen LogP contribution >= 0.6 is 24.0 Å². The van der Waals surface area contributed by atoms with E-state index < -0.39 is 0 Å². The van der Waals surface area contributed by atoms with Crippen LogP contribution in [0.3, 0.4) is 0 Å². The summed E-state index contributed by atoms with van der Waals surface area (Å²) in [7, 11) is 1.64. The maximum absolute atomic E-state index is 11.4. The number of amides is 1. The predicted molar refractivity (Wildman–Crippen MR) is 101 cm³/mol. The third-order valence-electron chi connectivity index (χ3n) is 2.80. The molecule has 0 aromatic heterocycles. The van der Waals surface area contributed by atoms with Gasteiger partial charge in [0.2, 0.25) is 5.91 Å². The summed E-state index contributed by atoms with van der Waals surface area (Å²) < 4.78 is 5.13. The normalized spacial score (nSPS) is 11.0. The summed E-state index contributed by atoms with van der Waals surface area (Å²) in [5.41, 5.74) is 7.71. The fourth-order valence-corrected chi connectivity index (χ4v) is 1.66. The summed E-state index contributed by atoms with van der Waals surface area (Å²) in [5, 5.41) is 5.82. The third-order valence-corrected chi connectivity index (χ3v) is 2.80. The van der Waals surface area contributed by atoms with E-state index in [1.54, 1.807) is 7.11 Å². The highest BCUT2D eigenvalue weighted by atomic mass is 127. The highest BCUT2D eigenvalue weighted by molar-refractivity contribution is 14.0. The van der Waals surface area contributed by atoms with Gasteiger partial charge in [-0.05, 0) is 6.07 Å². The van der Waals surface area contributed by atoms with Crippen LogP contribution in [-0.2, 0) is 16.1 Å². The van der Waals surface area contributed by atoms with Crippen molar-refractivity contribution in [3.05, 3.63) is 29.8 Å². The topological polar surface area (TPSA) is 88.7 Å². The van der Waals surface area contributed by atoms with Crippen molar-refractivity contribution in [2.24, 2.45) is 16.6 Å². The van der Waals surface area contributed by atoms with Crippen LogP contribution in [0.5, 0.6) is 0 Å². The number of benzene rings is 1. The molecule has 1 aromatic carbocycles. The van der Waals surface area contributed by atoms with E-state index in [0.717, 1.165) is 11.3 Å². The number of methoxy groups -OCH3 is 1. The quantitative estimate of drug-likeness (QED) is 0.272. The molecule has 124 valence electrons. The second-order valence-corrected chi connectivity index (χ2v) is 4.93. The molecule has 4 N–H and O–H groups in total. The van der Waals surface area contributed by atoms with E-state index >= 15 is 0 Å². The Morgan fingerprint density at radius 3 is 2.68 bits per heavy atom. The number of nitrogens with zero attached hydrogens (tertiary/aromatic N) is 1. The molecule has 1 amide bonds.